The molecule has 0 saturated carbocycles. The van der Waals surface area contributed by atoms with Crippen molar-refractivity contribution in [2.75, 3.05) is 13.2 Å². The number of ether oxygens (including phenoxy) is 3. The Bertz CT molecular complexity index is 680. The highest BCUT2D eigenvalue weighted by Gasteiger charge is 2.23. The van der Waals surface area contributed by atoms with Crippen LogP contribution in [0.1, 0.15) is 18.9 Å². The summed E-state index contributed by atoms with van der Waals surface area (Å²) in [6.07, 6.45) is 0.547. The molecule has 0 unspecified atom stereocenters. The molecule has 1 aromatic carbocycles. The molecule has 0 N–H and O–H groups in total. The van der Waals surface area contributed by atoms with Crippen molar-refractivity contribution in [3.63, 3.8) is 0 Å². The van der Waals surface area contributed by atoms with E-state index < -0.39 is 12.1 Å². The predicted octanol–water partition coefficient (Wildman–Crippen LogP) is 2.23. The van der Waals surface area contributed by atoms with Gasteiger partial charge in [-0.3, -0.25) is 0 Å². The zero-order chi connectivity index (χ0) is 15.4. The van der Waals surface area contributed by atoms with Crippen molar-refractivity contribution < 1.29 is 23.4 Å². The Morgan fingerprint density at radius 1 is 1.23 bits per heavy atom. The van der Waals surface area contributed by atoms with E-state index in [2.05, 4.69) is 10.2 Å². The molecule has 0 amide bonds. The van der Waals surface area contributed by atoms with E-state index in [0.29, 0.717) is 19.1 Å². The van der Waals surface area contributed by atoms with E-state index in [0.717, 1.165) is 5.56 Å². The molecule has 2 aromatic rings. The summed E-state index contributed by atoms with van der Waals surface area (Å²) in [5, 5.41) is 7.85. The number of esters is 1. The first-order chi connectivity index (χ1) is 10.7. The number of hydrogen-bond donors (Lipinski definition) is 0. The number of carbonyl (C=O) groups excluding carboxylic acids is 1. The lowest BCUT2D eigenvalue weighted by molar-refractivity contribution is -0.150. The largest absolute Gasteiger partial charge is 0.493 e. The molecule has 22 heavy (non-hydrogen) atoms. The summed E-state index contributed by atoms with van der Waals surface area (Å²) in [7, 11) is 0. The molecular formula is C15H14N2O5. The van der Waals surface area contributed by atoms with Gasteiger partial charge in [-0.2, -0.15) is 0 Å². The van der Waals surface area contributed by atoms with Crippen molar-refractivity contribution in [3.8, 4) is 11.5 Å². The van der Waals surface area contributed by atoms with E-state index in [9.17, 15) is 4.79 Å². The summed E-state index contributed by atoms with van der Waals surface area (Å²) >= 11 is 0. The Balaban J connectivity index is 1.68. The maximum atomic E-state index is 11.9. The number of rotatable bonds is 4. The van der Waals surface area contributed by atoms with Gasteiger partial charge in [0.25, 0.3) is 5.89 Å². The fraction of sp³-hybridized carbons (Fsp3) is 0.267. The molecule has 0 aliphatic carbocycles. The standard InChI is InChI=1S/C15H14N2O5/c1-10(21-15(18)12-9-19-7-8-20-12)13-16-17-14(22-13)11-5-3-2-4-6-11/h2-6,9-10H,7-8H2,1H3/t10-/m1/s1. The van der Waals surface area contributed by atoms with Crippen LogP contribution in [-0.2, 0) is 19.0 Å². The molecule has 3 rings (SSSR count). The summed E-state index contributed by atoms with van der Waals surface area (Å²) in [5.41, 5.74) is 0.798. The summed E-state index contributed by atoms with van der Waals surface area (Å²) in [4.78, 5) is 11.9. The minimum absolute atomic E-state index is 0.0286. The first-order valence-electron chi connectivity index (χ1n) is 6.78. The van der Waals surface area contributed by atoms with Crippen molar-refractivity contribution in [3.05, 3.63) is 48.2 Å². The molecule has 0 spiro atoms. The van der Waals surface area contributed by atoms with Gasteiger partial charge in [0.15, 0.2) is 6.10 Å². The van der Waals surface area contributed by atoms with Crippen molar-refractivity contribution in [2.45, 2.75) is 13.0 Å². The van der Waals surface area contributed by atoms with Crippen LogP contribution < -0.4 is 0 Å². The molecule has 1 aromatic heterocycles. The molecule has 2 heterocycles. The lowest BCUT2D eigenvalue weighted by atomic mass is 10.2. The van der Waals surface area contributed by atoms with E-state index in [1.165, 1.54) is 6.26 Å². The summed E-state index contributed by atoms with van der Waals surface area (Å²) in [6, 6.07) is 9.34. The van der Waals surface area contributed by atoms with Gasteiger partial charge in [-0.15, -0.1) is 10.2 Å². The number of benzene rings is 1. The molecule has 7 nitrogen and oxygen atoms in total. The highest BCUT2D eigenvalue weighted by atomic mass is 16.6. The smallest absolute Gasteiger partial charge is 0.377 e. The fourth-order valence-electron chi connectivity index (χ4n) is 1.84. The monoisotopic (exact) mass is 302 g/mol. The lowest BCUT2D eigenvalue weighted by Gasteiger charge is -2.15. The second-order valence-corrected chi connectivity index (χ2v) is 4.56. The van der Waals surface area contributed by atoms with Crippen LogP contribution >= 0.6 is 0 Å². The first-order valence-corrected chi connectivity index (χ1v) is 6.78. The van der Waals surface area contributed by atoms with Crippen LogP contribution in [0.15, 0.2) is 46.8 Å². The third-order valence-corrected chi connectivity index (χ3v) is 2.94. The van der Waals surface area contributed by atoms with Gasteiger partial charge < -0.3 is 18.6 Å². The number of carbonyl (C=O) groups is 1. The van der Waals surface area contributed by atoms with Gasteiger partial charge >= 0.3 is 5.97 Å². The minimum atomic E-state index is -0.691. The van der Waals surface area contributed by atoms with Gasteiger partial charge in [-0.1, -0.05) is 18.2 Å². The zero-order valence-electron chi connectivity index (χ0n) is 11.9. The molecular weight excluding hydrogens is 288 g/mol. The molecule has 1 aliphatic rings. The number of hydrogen-bond acceptors (Lipinski definition) is 7. The summed E-state index contributed by atoms with van der Waals surface area (Å²) in [6.45, 7) is 2.37. The SMILES string of the molecule is C[C@@H](OC(=O)C1=COCCO1)c1nnc(-c2ccccc2)o1. The summed E-state index contributed by atoms with van der Waals surface area (Å²) in [5.74, 6) is -0.0212. The van der Waals surface area contributed by atoms with Crippen molar-refractivity contribution in [1.82, 2.24) is 10.2 Å². The highest BCUT2D eigenvalue weighted by molar-refractivity contribution is 5.86. The Kier molecular flexibility index (Phi) is 4.04. The third-order valence-electron chi connectivity index (χ3n) is 2.94. The van der Waals surface area contributed by atoms with E-state index in [1.54, 1.807) is 6.92 Å². The van der Waals surface area contributed by atoms with E-state index in [1.807, 2.05) is 30.3 Å². The van der Waals surface area contributed by atoms with E-state index in [4.69, 9.17) is 18.6 Å². The predicted molar refractivity (Wildman–Crippen MR) is 74.2 cm³/mol. The Labute approximate surface area is 126 Å². The molecule has 114 valence electrons. The second-order valence-electron chi connectivity index (χ2n) is 4.56. The van der Waals surface area contributed by atoms with Crippen LogP contribution in [0.5, 0.6) is 0 Å². The summed E-state index contributed by atoms with van der Waals surface area (Å²) < 4.78 is 20.9. The maximum absolute atomic E-state index is 11.9. The molecule has 0 bridgehead atoms. The van der Waals surface area contributed by atoms with Crippen LogP contribution in [0, 0.1) is 0 Å². The van der Waals surface area contributed by atoms with Crippen LogP contribution in [-0.4, -0.2) is 29.4 Å². The van der Waals surface area contributed by atoms with Gasteiger partial charge in [-0.25, -0.2) is 4.79 Å². The van der Waals surface area contributed by atoms with Crippen LogP contribution in [0.3, 0.4) is 0 Å². The van der Waals surface area contributed by atoms with Crippen molar-refractivity contribution >= 4 is 5.97 Å². The topological polar surface area (TPSA) is 83.7 Å². The molecule has 7 heteroatoms. The first kappa shape index (κ1) is 14.1. The average Bonchev–Trinajstić information content (AvgIpc) is 3.06. The Hall–Kier alpha value is -2.83. The average molecular weight is 302 g/mol. The molecule has 1 aliphatic heterocycles. The fourth-order valence-corrected chi connectivity index (χ4v) is 1.84. The van der Waals surface area contributed by atoms with Crippen LogP contribution in [0.2, 0.25) is 0 Å². The number of aromatic nitrogens is 2. The van der Waals surface area contributed by atoms with Gasteiger partial charge in [0.05, 0.1) is 0 Å². The molecule has 0 radical (unpaired) electrons. The Morgan fingerprint density at radius 2 is 2.05 bits per heavy atom. The maximum Gasteiger partial charge on any atom is 0.377 e. The van der Waals surface area contributed by atoms with Gasteiger partial charge in [-0.05, 0) is 19.1 Å². The van der Waals surface area contributed by atoms with Crippen molar-refractivity contribution in [1.29, 1.82) is 0 Å². The van der Waals surface area contributed by atoms with E-state index in [-0.39, 0.29) is 11.6 Å². The van der Waals surface area contributed by atoms with Crippen molar-refractivity contribution in [2.24, 2.45) is 0 Å². The van der Waals surface area contributed by atoms with Gasteiger partial charge in [0.2, 0.25) is 11.6 Å². The molecule has 1 atom stereocenters. The molecule has 0 saturated heterocycles. The van der Waals surface area contributed by atoms with Crippen LogP contribution in [0.25, 0.3) is 11.5 Å². The second kappa shape index (κ2) is 6.30. The Morgan fingerprint density at radius 3 is 2.77 bits per heavy atom. The highest BCUT2D eigenvalue weighted by Crippen LogP contribution is 2.23. The lowest BCUT2D eigenvalue weighted by Crippen LogP contribution is -2.18. The normalized spacial score (nSPS) is 15.2. The zero-order valence-corrected chi connectivity index (χ0v) is 11.9. The van der Waals surface area contributed by atoms with Gasteiger partial charge in [0.1, 0.15) is 19.5 Å². The van der Waals surface area contributed by atoms with E-state index >= 15 is 0 Å². The molecule has 0 fully saturated rings. The quantitative estimate of drug-likeness (QED) is 0.801. The minimum Gasteiger partial charge on any atom is -0.493 e. The third kappa shape index (κ3) is 3.08. The van der Waals surface area contributed by atoms with Gasteiger partial charge in [0, 0.05) is 5.56 Å². The van der Waals surface area contributed by atoms with Crippen LogP contribution in [0.4, 0.5) is 0 Å². The number of nitrogens with zero attached hydrogens (tertiary/aromatic N) is 2.